The van der Waals surface area contributed by atoms with Gasteiger partial charge < -0.3 is 25.0 Å². The van der Waals surface area contributed by atoms with E-state index in [2.05, 4.69) is 10.6 Å². The number of benzene rings is 1. The Morgan fingerprint density at radius 1 is 1.34 bits per heavy atom. The topological polar surface area (TPSA) is 100 Å². The van der Waals surface area contributed by atoms with Crippen molar-refractivity contribution in [2.75, 3.05) is 49.7 Å². The van der Waals surface area contributed by atoms with Gasteiger partial charge in [-0.05, 0) is 24.6 Å². The second-order valence-corrected chi connectivity index (χ2v) is 7.12. The number of hydrogen-bond donors (Lipinski definition) is 2. The summed E-state index contributed by atoms with van der Waals surface area (Å²) in [6.45, 7) is 2.93. The first-order valence-electron chi connectivity index (χ1n) is 9.42. The Kier molecular flexibility index (Phi) is 6.53. The van der Waals surface area contributed by atoms with E-state index in [0.29, 0.717) is 30.9 Å². The van der Waals surface area contributed by atoms with E-state index in [1.165, 1.54) is 25.0 Å². The Bertz CT molecular complexity index is 790. The highest BCUT2D eigenvalue weighted by molar-refractivity contribution is 5.90. The maximum atomic E-state index is 14.8. The van der Waals surface area contributed by atoms with Gasteiger partial charge in [0.05, 0.1) is 24.5 Å². The molecule has 2 unspecified atom stereocenters. The van der Waals surface area contributed by atoms with Crippen LogP contribution in [0.1, 0.15) is 13.3 Å². The van der Waals surface area contributed by atoms with Gasteiger partial charge in [0.2, 0.25) is 11.8 Å². The Balaban J connectivity index is 1.61. The molecule has 1 aromatic carbocycles. The molecule has 0 aromatic heterocycles. The van der Waals surface area contributed by atoms with Crippen molar-refractivity contribution in [2.45, 2.75) is 25.5 Å². The minimum absolute atomic E-state index is 0.00553. The fourth-order valence-electron chi connectivity index (χ4n) is 3.51. The van der Waals surface area contributed by atoms with Gasteiger partial charge in [-0.1, -0.05) is 0 Å². The van der Waals surface area contributed by atoms with E-state index in [4.69, 9.17) is 9.47 Å². The van der Waals surface area contributed by atoms with Crippen molar-refractivity contribution < 1.29 is 28.2 Å². The van der Waals surface area contributed by atoms with Crippen molar-refractivity contribution in [3.8, 4) is 0 Å². The molecule has 2 aliphatic rings. The number of nitrogens with zero attached hydrogens (tertiary/aromatic N) is 2. The number of nitrogens with one attached hydrogen (secondary N) is 2. The van der Waals surface area contributed by atoms with Crippen molar-refractivity contribution in [3.05, 3.63) is 24.0 Å². The monoisotopic (exact) mass is 408 g/mol. The van der Waals surface area contributed by atoms with Gasteiger partial charge in [-0.3, -0.25) is 14.5 Å². The highest BCUT2D eigenvalue weighted by atomic mass is 19.1. The van der Waals surface area contributed by atoms with E-state index in [0.717, 1.165) is 0 Å². The summed E-state index contributed by atoms with van der Waals surface area (Å²) in [5.74, 6) is -0.863. The van der Waals surface area contributed by atoms with Crippen LogP contribution in [-0.2, 0) is 19.1 Å². The van der Waals surface area contributed by atoms with Gasteiger partial charge in [0.1, 0.15) is 18.5 Å². The molecule has 3 amide bonds. The summed E-state index contributed by atoms with van der Waals surface area (Å²) < 4.78 is 24.8. The summed E-state index contributed by atoms with van der Waals surface area (Å²) in [7, 11) is 1.45. The average Bonchev–Trinajstić information content (AvgIpc) is 3.26. The van der Waals surface area contributed by atoms with Crippen LogP contribution in [0.25, 0.3) is 0 Å². The van der Waals surface area contributed by atoms with Crippen LogP contribution in [0.3, 0.4) is 0 Å². The second-order valence-electron chi connectivity index (χ2n) is 7.12. The van der Waals surface area contributed by atoms with Crippen LogP contribution in [0.15, 0.2) is 18.2 Å². The Morgan fingerprint density at radius 3 is 2.83 bits per heavy atom. The molecule has 9 nitrogen and oxygen atoms in total. The molecule has 2 saturated heterocycles. The molecule has 0 bridgehead atoms. The molecule has 0 radical (unpaired) electrons. The number of methoxy groups -OCH3 is 1. The van der Waals surface area contributed by atoms with E-state index >= 15 is 0 Å². The fraction of sp³-hybridized carbons (Fsp3) is 0.526. The van der Waals surface area contributed by atoms with Crippen molar-refractivity contribution in [3.63, 3.8) is 0 Å². The molecular formula is C19H25FN4O5. The maximum absolute atomic E-state index is 14.8. The van der Waals surface area contributed by atoms with Gasteiger partial charge in [0.15, 0.2) is 0 Å². The predicted octanol–water partition coefficient (Wildman–Crippen LogP) is 0.628. The molecule has 0 spiro atoms. The van der Waals surface area contributed by atoms with E-state index in [-0.39, 0.29) is 37.6 Å². The Morgan fingerprint density at radius 2 is 2.14 bits per heavy atom. The number of amides is 3. The molecule has 2 aliphatic heterocycles. The smallest absolute Gasteiger partial charge is 0.414 e. The number of ether oxygens (including phenoxy) is 2. The number of cyclic esters (lactones) is 1. The van der Waals surface area contributed by atoms with Crippen LogP contribution in [0.5, 0.6) is 0 Å². The molecule has 3 rings (SSSR count). The summed E-state index contributed by atoms with van der Waals surface area (Å²) in [5, 5.41) is 5.46. The molecule has 10 heteroatoms. The van der Waals surface area contributed by atoms with Crippen LogP contribution in [-0.4, -0.2) is 69.9 Å². The molecule has 0 saturated carbocycles. The average molecular weight is 408 g/mol. The lowest BCUT2D eigenvalue weighted by Gasteiger charge is -2.21. The van der Waals surface area contributed by atoms with Crippen molar-refractivity contribution in [1.29, 1.82) is 0 Å². The summed E-state index contributed by atoms with van der Waals surface area (Å²) in [5.41, 5.74) is 0.810. The number of anilines is 2. The van der Waals surface area contributed by atoms with E-state index < -0.39 is 18.0 Å². The van der Waals surface area contributed by atoms with Crippen LogP contribution in [0.2, 0.25) is 0 Å². The molecule has 2 N–H and O–H groups in total. The summed E-state index contributed by atoms with van der Waals surface area (Å²) in [6.07, 6.45) is -0.348. The van der Waals surface area contributed by atoms with Crippen molar-refractivity contribution >= 4 is 29.3 Å². The van der Waals surface area contributed by atoms with Gasteiger partial charge in [-0.25, -0.2) is 9.18 Å². The quantitative estimate of drug-likeness (QED) is 0.687. The molecule has 0 aliphatic carbocycles. The maximum Gasteiger partial charge on any atom is 0.414 e. The van der Waals surface area contributed by atoms with Crippen LogP contribution in [0, 0.1) is 5.82 Å². The molecule has 1 aromatic rings. The van der Waals surface area contributed by atoms with Crippen molar-refractivity contribution in [1.82, 2.24) is 10.6 Å². The number of carbonyl (C=O) groups is 3. The Labute approximate surface area is 168 Å². The normalized spacial score (nSPS) is 21.3. The van der Waals surface area contributed by atoms with Crippen LogP contribution >= 0.6 is 0 Å². The SMILES string of the molecule is COCC(=O)NC1CCN(c2ccc(N3CC(CNC(C)=O)OC3=O)cc2F)C1. The molecule has 29 heavy (non-hydrogen) atoms. The third-order valence-corrected chi connectivity index (χ3v) is 4.87. The lowest BCUT2D eigenvalue weighted by molar-refractivity contribution is -0.125. The zero-order valence-corrected chi connectivity index (χ0v) is 16.4. The second kappa shape index (κ2) is 9.08. The first-order chi connectivity index (χ1) is 13.9. The zero-order valence-electron chi connectivity index (χ0n) is 16.4. The van der Waals surface area contributed by atoms with Crippen LogP contribution < -0.4 is 20.4 Å². The molecule has 2 atom stereocenters. The number of carbonyl (C=O) groups excluding carboxylic acids is 3. The molecule has 2 heterocycles. The fourth-order valence-corrected chi connectivity index (χ4v) is 3.51. The first-order valence-corrected chi connectivity index (χ1v) is 9.42. The standard InChI is InChI=1S/C19H25FN4O5/c1-12(25)21-8-15-10-24(19(27)29-15)14-3-4-17(16(20)7-14)23-6-5-13(9-23)22-18(26)11-28-2/h3-4,7,13,15H,5-6,8-11H2,1-2H3,(H,21,25)(H,22,26). The lowest BCUT2D eigenvalue weighted by atomic mass is 10.2. The van der Waals surface area contributed by atoms with Gasteiger partial charge in [0.25, 0.3) is 0 Å². The summed E-state index contributed by atoms with van der Waals surface area (Å²) in [6, 6.07) is 4.52. The zero-order chi connectivity index (χ0) is 21.0. The minimum Gasteiger partial charge on any atom is -0.442 e. The summed E-state index contributed by atoms with van der Waals surface area (Å²) in [4.78, 5) is 37.9. The van der Waals surface area contributed by atoms with E-state index in [9.17, 15) is 18.8 Å². The van der Waals surface area contributed by atoms with Crippen molar-refractivity contribution in [2.24, 2.45) is 0 Å². The molecular weight excluding hydrogens is 383 g/mol. The lowest BCUT2D eigenvalue weighted by Crippen LogP contribution is -2.39. The van der Waals surface area contributed by atoms with Crippen LogP contribution in [0.4, 0.5) is 20.6 Å². The highest BCUT2D eigenvalue weighted by Crippen LogP contribution is 2.29. The number of rotatable bonds is 7. The molecule has 158 valence electrons. The highest BCUT2D eigenvalue weighted by Gasteiger charge is 2.33. The largest absolute Gasteiger partial charge is 0.442 e. The Hall–Kier alpha value is -2.88. The third-order valence-electron chi connectivity index (χ3n) is 4.87. The molecule has 2 fully saturated rings. The summed E-state index contributed by atoms with van der Waals surface area (Å²) >= 11 is 0. The van der Waals surface area contributed by atoms with Gasteiger partial charge in [0, 0.05) is 33.2 Å². The number of hydrogen-bond acceptors (Lipinski definition) is 6. The number of halogens is 1. The van der Waals surface area contributed by atoms with Gasteiger partial charge >= 0.3 is 6.09 Å². The van der Waals surface area contributed by atoms with Gasteiger partial charge in [-0.15, -0.1) is 0 Å². The third kappa shape index (κ3) is 5.14. The van der Waals surface area contributed by atoms with E-state index in [1.807, 2.05) is 4.90 Å². The minimum atomic E-state index is -0.574. The van der Waals surface area contributed by atoms with E-state index in [1.54, 1.807) is 12.1 Å². The predicted molar refractivity (Wildman–Crippen MR) is 103 cm³/mol. The first kappa shape index (κ1) is 20.8. The van der Waals surface area contributed by atoms with Gasteiger partial charge in [-0.2, -0.15) is 0 Å².